The van der Waals surface area contributed by atoms with Gasteiger partial charge in [-0.15, -0.1) is 0 Å². The van der Waals surface area contributed by atoms with E-state index in [4.69, 9.17) is 5.53 Å². The number of pyridine rings is 1. The molecule has 0 bridgehead atoms. The summed E-state index contributed by atoms with van der Waals surface area (Å²) in [6.07, 6.45) is 6.18. The van der Waals surface area contributed by atoms with Crippen molar-refractivity contribution < 1.29 is 4.39 Å². The molecule has 2 fully saturated rings. The number of azide groups is 1. The zero-order chi connectivity index (χ0) is 17.3. The standard InChI is InChI=1S/C19H20FN5/c20-16-4-1-14(2-5-16)15-3-6-18(22-13-15)25-9-7-19(8-10-25)11-17(12-19)23-24-21/h1-6,13,17H,7-12H2. The molecule has 0 amide bonds. The van der Waals surface area contributed by atoms with E-state index in [1.54, 1.807) is 12.1 Å². The summed E-state index contributed by atoms with van der Waals surface area (Å²) in [6.45, 7) is 1.98. The first kappa shape index (κ1) is 15.9. The lowest BCUT2D eigenvalue weighted by molar-refractivity contribution is 0.0713. The van der Waals surface area contributed by atoms with Crippen molar-refractivity contribution in [2.24, 2.45) is 10.5 Å². The number of nitrogens with zero attached hydrogens (tertiary/aromatic N) is 5. The molecule has 5 nitrogen and oxygen atoms in total. The minimum absolute atomic E-state index is 0.199. The molecule has 1 saturated heterocycles. The van der Waals surface area contributed by atoms with Gasteiger partial charge in [-0.05, 0) is 66.5 Å². The SMILES string of the molecule is [N-]=[N+]=NC1CC2(CCN(c3ccc(-c4ccc(F)cc4)cn3)CC2)C1. The smallest absolute Gasteiger partial charge is 0.128 e. The maximum absolute atomic E-state index is 13.0. The summed E-state index contributed by atoms with van der Waals surface area (Å²) in [5.41, 5.74) is 10.9. The first-order valence-electron chi connectivity index (χ1n) is 8.69. The average Bonchev–Trinajstić information content (AvgIpc) is 2.62. The molecule has 0 unspecified atom stereocenters. The molecular weight excluding hydrogens is 317 g/mol. The fourth-order valence-corrected chi connectivity index (χ4v) is 4.10. The van der Waals surface area contributed by atoms with E-state index in [0.717, 1.165) is 55.7 Å². The van der Waals surface area contributed by atoms with Gasteiger partial charge in [-0.1, -0.05) is 17.2 Å². The second-order valence-electron chi connectivity index (χ2n) is 7.17. The zero-order valence-electron chi connectivity index (χ0n) is 14.0. The van der Waals surface area contributed by atoms with Crippen LogP contribution in [0.2, 0.25) is 0 Å². The first-order valence-corrected chi connectivity index (χ1v) is 8.69. The van der Waals surface area contributed by atoms with E-state index < -0.39 is 0 Å². The molecule has 1 aliphatic heterocycles. The Morgan fingerprint density at radius 1 is 1.08 bits per heavy atom. The number of hydrogen-bond acceptors (Lipinski definition) is 3. The summed E-state index contributed by atoms with van der Waals surface area (Å²) < 4.78 is 13.0. The molecular formula is C19H20FN5. The van der Waals surface area contributed by atoms with Gasteiger partial charge < -0.3 is 4.90 Å². The summed E-state index contributed by atoms with van der Waals surface area (Å²) in [6, 6.07) is 10.8. The van der Waals surface area contributed by atoms with Crippen molar-refractivity contribution in [3.63, 3.8) is 0 Å². The lowest BCUT2D eigenvalue weighted by atomic mass is 9.60. The van der Waals surface area contributed by atoms with Gasteiger partial charge >= 0.3 is 0 Å². The molecule has 6 heteroatoms. The van der Waals surface area contributed by atoms with E-state index in [1.165, 1.54) is 12.1 Å². The van der Waals surface area contributed by atoms with Gasteiger partial charge in [0, 0.05) is 35.8 Å². The molecule has 0 radical (unpaired) electrons. The fraction of sp³-hybridized carbons (Fsp3) is 0.421. The Bertz CT molecular complexity index is 780. The van der Waals surface area contributed by atoms with Crippen molar-refractivity contribution in [2.75, 3.05) is 18.0 Å². The van der Waals surface area contributed by atoms with Crippen LogP contribution in [0.15, 0.2) is 47.7 Å². The van der Waals surface area contributed by atoms with Crippen molar-refractivity contribution in [2.45, 2.75) is 31.7 Å². The van der Waals surface area contributed by atoms with Gasteiger partial charge in [-0.25, -0.2) is 9.37 Å². The predicted octanol–water partition coefficient (Wildman–Crippen LogP) is 4.95. The second-order valence-corrected chi connectivity index (χ2v) is 7.17. The lowest BCUT2D eigenvalue weighted by Gasteiger charge is -2.51. The molecule has 1 aromatic heterocycles. The van der Waals surface area contributed by atoms with Gasteiger partial charge in [0.25, 0.3) is 0 Å². The Morgan fingerprint density at radius 3 is 2.36 bits per heavy atom. The van der Waals surface area contributed by atoms with E-state index in [1.807, 2.05) is 18.3 Å². The number of anilines is 1. The highest BCUT2D eigenvalue weighted by Crippen LogP contribution is 2.50. The lowest BCUT2D eigenvalue weighted by Crippen LogP contribution is -2.48. The van der Waals surface area contributed by atoms with Crippen molar-refractivity contribution >= 4 is 5.82 Å². The van der Waals surface area contributed by atoms with E-state index in [0.29, 0.717) is 5.41 Å². The van der Waals surface area contributed by atoms with Crippen LogP contribution in [0.1, 0.15) is 25.7 Å². The van der Waals surface area contributed by atoms with E-state index in [2.05, 4.69) is 19.9 Å². The van der Waals surface area contributed by atoms with Crippen LogP contribution in [-0.4, -0.2) is 24.1 Å². The predicted molar refractivity (Wildman–Crippen MR) is 95.7 cm³/mol. The van der Waals surface area contributed by atoms with Gasteiger partial charge in [0.2, 0.25) is 0 Å². The molecule has 1 aromatic carbocycles. The summed E-state index contributed by atoms with van der Waals surface area (Å²) in [5.74, 6) is 0.765. The molecule has 1 aliphatic carbocycles. The number of rotatable bonds is 3. The number of halogens is 1. The van der Waals surface area contributed by atoms with Gasteiger partial charge in [0.15, 0.2) is 0 Å². The number of benzene rings is 1. The summed E-state index contributed by atoms with van der Waals surface area (Å²) in [5, 5.41) is 3.83. The summed E-state index contributed by atoms with van der Waals surface area (Å²) >= 11 is 0. The summed E-state index contributed by atoms with van der Waals surface area (Å²) in [4.78, 5) is 9.84. The van der Waals surface area contributed by atoms with Crippen molar-refractivity contribution in [1.29, 1.82) is 0 Å². The maximum atomic E-state index is 13.0. The third-order valence-corrected chi connectivity index (χ3v) is 5.63. The van der Waals surface area contributed by atoms with Crippen LogP contribution in [0.5, 0.6) is 0 Å². The topological polar surface area (TPSA) is 64.9 Å². The highest BCUT2D eigenvalue weighted by Gasteiger charge is 2.45. The third kappa shape index (κ3) is 3.17. The normalized spacial score (nSPS) is 19.3. The Hall–Kier alpha value is -2.59. The van der Waals surface area contributed by atoms with Gasteiger partial charge in [0.1, 0.15) is 11.6 Å². The number of piperidine rings is 1. The highest BCUT2D eigenvalue weighted by atomic mass is 19.1. The molecule has 1 saturated carbocycles. The van der Waals surface area contributed by atoms with E-state index >= 15 is 0 Å². The minimum atomic E-state index is -0.228. The molecule has 0 N–H and O–H groups in total. The fourth-order valence-electron chi connectivity index (χ4n) is 4.10. The molecule has 4 rings (SSSR count). The molecule has 2 heterocycles. The summed E-state index contributed by atoms with van der Waals surface area (Å²) in [7, 11) is 0. The van der Waals surface area contributed by atoms with Gasteiger partial charge in [-0.3, -0.25) is 0 Å². The highest BCUT2D eigenvalue weighted by molar-refractivity contribution is 5.63. The van der Waals surface area contributed by atoms with Crippen LogP contribution in [0.4, 0.5) is 10.2 Å². The molecule has 0 atom stereocenters. The molecule has 2 aromatic rings. The van der Waals surface area contributed by atoms with Crippen LogP contribution in [0.25, 0.3) is 21.6 Å². The van der Waals surface area contributed by atoms with E-state index in [9.17, 15) is 4.39 Å². The van der Waals surface area contributed by atoms with Crippen molar-refractivity contribution in [1.82, 2.24) is 4.98 Å². The Balaban J connectivity index is 1.39. The molecule has 2 aliphatic rings. The zero-order valence-corrected chi connectivity index (χ0v) is 14.0. The van der Waals surface area contributed by atoms with Crippen molar-refractivity contribution in [3.05, 3.63) is 58.9 Å². The third-order valence-electron chi connectivity index (χ3n) is 5.63. The van der Waals surface area contributed by atoms with Crippen LogP contribution < -0.4 is 4.90 Å². The molecule has 128 valence electrons. The average molecular weight is 337 g/mol. The Morgan fingerprint density at radius 2 is 1.76 bits per heavy atom. The minimum Gasteiger partial charge on any atom is -0.357 e. The van der Waals surface area contributed by atoms with Gasteiger partial charge in [0.05, 0.1) is 0 Å². The monoisotopic (exact) mass is 337 g/mol. The van der Waals surface area contributed by atoms with Crippen LogP contribution in [0, 0.1) is 11.2 Å². The van der Waals surface area contributed by atoms with Crippen molar-refractivity contribution in [3.8, 4) is 11.1 Å². The second kappa shape index (κ2) is 6.37. The van der Waals surface area contributed by atoms with Crippen LogP contribution in [-0.2, 0) is 0 Å². The van der Waals surface area contributed by atoms with Crippen LogP contribution in [0.3, 0.4) is 0 Å². The molecule has 1 spiro atoms. The largest absolute Gasteiger partial charge is 0.357 e. The Labute approximate surface area is 146 Å². The van der Waals surface area contributed by atoms with E-state index in [-0.39, 0.29) is 11.9 Å². The Kier molecular flexibility index (Phi) is 4.06. The molecule has 25 heavy (non-hydrogen) atoms. The number of aromatic nitrogens is 1. The number of hydrogen-bond donors (Lipinski definition) is 0. The quantitative estimate of drug-likeness (QED) is 0.452. The van der Waals surface area contributed by atoms with Crippen LogP contribution >= 0.6 is 0 Å². The van der Waals surface area contributed by atoms with Gasteiger partial charge in [-0.2, -0.15) is 0 Å². The first-order chi connectivity index (χ1) is 12.2. The maximum Gasteiger partial charge on any atom is 0.128 e.